The summed E-state index contributed by atoms with van der Waals surface area (Å²) < 4.78 is 6.60. The summed E-state index contributed by atoms with van der Waals surface area (Å²) in [5, 5.41) is 10.3. The number of allylic oxidation sites excluding steroid dienone is 1. The van der Waals surface area contributed by atoms with Crippen LogP contribution in [-0.4, -0.2) is 20.6 Å². The number of carbonyl (C=O) groups is 1. The Hall–Kier alpha value is -3.19. The molecule has 0 bridgehead atoms. The van der Waals surface area contributed by atoms with Crippen molar-refractivity contribution in [3.8, 4) is 5.88 Å². The van der Waals surface area contributed by atoms with Crippen LogP contribution in [0.4, 0.5) is 0 Å². The summed E-state index contributed by atoms with van der Waals surface area (Å²) in [5.74, 6) is -0.558. The van der Waals surface area contributed by atoms with E-state index in [1.807, 2.05) is 18.2 Å². The number of cyclic esters (lactones) is 1. The number of rotatable bonds is 4. The van der Waals surface area contributed by atoms with Crippen LogP contribution >= 0.6 is 12.2 Å². The molecule has 1 aliphatic rings. The Kier molecular flexibility index (Phi) is 4.49. The normalized spacial score (nSPS) is 15.1. The fourth-order valence-corrected chi connectivity index (χ4v) is 2.65. The first-order valence-electron chi connectivity index (χ1n) is 7.39. The van der Waals surface area contributed by atoms with Gasteiger partial charge in [0.25, 0.3) is 5.56 Å². The number of hydrogen-bond donors (Lipinski definition) is 2. The van der Waals surface area contributed by atoms with E-state index in [2.05, 4.69) is 11.6 Å². The first kappa shape index (κ1) is 16.7. The molecule has 126 valence electrons. The number of aromatic amines is 1. The highest BCUT2D eigenvalue weighted by Crippen LogP contribution is 2.28. The van der Waals surface area contributed by atoms with Crippen molar-refractivity contribution in [3.05, 3.63) is 80.9 Å². The molecule has 2 heterocycles. The van der Waals surface area contributed by atoms with Crippen molar-refractivity contribution in [2.45, 2.75) is 6.54 Å². The maximum atomic E-state index is 12.1. The van der Waals surface area contributed by atoms with Crippen LogP contribution in [0.25, 0.3) is 11.8 Å². The highest BCUT2D eigenvalue weighted by Gasteiger charge is 2.23. The molecule has 3 rings (SSSR count). The van der Waals surface area contributed by atoms with Crippen molar-refractivity contribution in [1.29, 1.82) is 0 Å². The summed E-state index contributed by atoms with van der Waals surface area (Å²) >= 11 is 5.02. The molecule has 1 aromatic heterocycles. The molecule has 0 aliphatic carbocycles. The number of carbonyl (C=O) groups excluding carboxylic acids is 1. The third-order valence-corrected chi connectivity index (χ3v) is 3.92. The van der Waals surface area contributed by atoms with Crippen molar-refractivity contribution in [3.63, 3.8) is 0 Å². The van der Waals surface area contributed by atoms with Crippen LogP contribution in [0.1, 0.15) is 11.1 Å². The fraction of sp³-hybridized carbons (Fsp3) is 0.0556. The molecule has 0 saturated heterocycles. The highest BCUT2D eigenvalue weighted by atomic mass is 32.1. The third kappa shape index (κ3) is 3.22. The van der Waals surface area contributed by atoms with E-state index < -0.39 is 11.5 Å². The van der Waals surface area contributed by atoms with E-state index in [4.69, 9.17) is 17.0 Å². The average Bonchev–Trinajstić information content (AvgIpc) is 2.97. The van der Waals surface area contributed by atoms with Gasteiger partial charge < -0.3 is 9.84 Å². The molecule has 2 aromatic rings. The van der Waals surface area contributed by atoms with Gasteiger partial charge in [0.2, 0.25) is 5.88 Å². The van der Waals surface area contributed by atoms with Crippen molar-refractivity contribution < 1.29 is 14.6 Å². The van der Waals surface area contributed by atoms with Crippen LogP contribution in [0.2, 0.25) is 0 Å². The second-order valence-corrected chi connectivity index (χ2v) is 5.65. The van der Waals surface area contributed by atoms with Gasteiger partial charge in [-0.05, 0) is 24.4 Å². The van der Waals surface area contributed by atoms with E-state index in [0.717, 1.165) is 5.56 Å². The highest BCUT2D eigenvalue weighted by molar-refractivity contribution is 7.71. The van der Waals surface area contributed by atoms with Gasteiger partial charge in [-0.15, -0.1) is 6.58 Å². The number of benzene rings is 1. The number of aromatic hydroxyl groups is 1. The predicted molar refractivity (Wildman–Crippen MR) is 96.2 cm³/mol. The van der Waals surface area contributed by atoms with Gasteiger partial charge in [0.05, 0.1) is 5.57 Å². The lowest BCUT2D eigenvalue weighted by atomic mass is 10.1. The van der Waals surface area contributed by atoms with E-state index in [1.54, 1.807) is 12.1 Å². The van der Waals surface area contributed by atoms with Gasteiger partial charge in [-0.3, -0.25) is 14.3 Å². The minimum Gasteiger partial charge on any atom is -0.494 e. The Bertz CT molecular complexity index is 1030. The third-order valence-electron chi connectivity index (χ3n) is 3.60. The molecule has 6 nitrogen and oxygen atoms in total. The molecule has 1 aliphatic heterocycles. The Balaban J connectivity index is 2.09. The number of nitrogens with one attached hydrogen (secondary N) is 1. The Morgan fingerprint density at radius 3 is 2.68 bits per heavy atom. The van der Waals surface area contributed by atoms with Gasteiger partial charge in [-0.2, -0.15) is 0 Å². The Morgan fingerprint density at radius 1 is 1.28 bits per heavy atom. The summed E-state index contributed by atoms with van der Waals surface area (Å²) in [5.41, 5.74) is 0.222. The first-order valence-corrected chi connectivity index (χ1v) is 7.80. The van der Waals surface area contributed by atoms with E-state index in [-0.39, 0.29) is 28.3 Å². The molecule has 0 atom stereocenters. The van der Waals surface area contributed by atoms with Crippen LogP contribution in [-0.2, 0) is 16.1 Å². The van der Waals surface area contributed by atoms with Crippen LogP contribution in [0, 0.1) is 4.77 Å². The molecule has 0 saturated carbocycles. The molecule has 0 amide bonds. The summed E-state index contributed by atoms with van der Waals surface area (Å²) in [4.78, 5) is 26.7. The smallest absolute Gasteiger partial charge is 0.343 e. The van der Waals surface area contributed by atoms with Crippen LogP contribution in [0.3, 0.4) is 0 Å². The zero-order chi connectivity index (χ0) is 18.0. The van der Waals surface area contributed by atoms with Gasteiger partial charge in [-0.1, -0.05) is 36.4 Å². The summed E-state index contributed by atoms with van der Waals surface area (Å²) in [6, 6.07) is 9.10. The fourth-order valence-electron chi connectivity index (χ4n) is 2.39. The Labute approximate surface area is 148 Å². The van der Waals surface area contributed by atoms with Crippen molar-refractivity contribution in [1.82, 2.24) is 9.55 Å². The summed E-state index contributed by atoms with van der Waals surface area (Å²) in [7, 11) is 0. The van der Waals surface area contributed by atoms with Gasteiger partial charge in [0.15, 0.2) is 4.77 Å². The predicted octanol–water partition coefficient (Wildman–Crippen LogP) is 2.78. The molecule has 0 unspecified atom stereocenters. The average molecular weight is 354 g/mol. The molecule has 0 radical (unpaired) electrons. The molecule has 1 aromatic carbocycles. The first-order chi connectivity index (χ1) is 12.0. The van der Waals surface area contributed by atoms with Gasteiger partial charge in [0.1, 0.15) is 11.3 Å². The number of H-pyrrole nitrogens is 1. The maximum absolute atomic E-state index is 12.1. The minimum atomic E-state index is -0.602. The minimum absolute atomic E-state index is 0.0686. The number of nitrogens with zero attached hydrogens (tertiary/aromatic N) is 1. The lowest BCUT2D eigenvalue weighted by Gasteiger charge is -2.08. The second kappa shape index (κ2) is 6.74. The number of ether oxygens (including phenoxy) is 1. The largest absolute Gasteiger partial charge is 0.494 e. The van der Waals surface area contributed by atoms with Crippen molar-refractivity contribution in [2.75, 3.05) is 0 Å². The van der Waals surface area contributed by atoms with E-state index in [9.17, 15) is 14.7 Å². The van der Waals surface area contributed by atoms with Crippen LogP contribution < -0.4 is 5.56 Å². The molecular formula is C18H14N2O4S. The molecule has 2 N–H and O–H groups in total. The molecular weight excluding hydrogens is 340 g/mol. The van der Waals surface area contributed by atoms with Gasteiger partial charge >= 0.3 is 5.97 Å². The quantitative estimate of drug-likeness (QED) is 0.382. The van der Waals surface area contributed by atoms with Gasteiger partial charge in [-0.25, -0.2) is 4.79 Å². The molecule has 0 fully saturated rings. The molecule has 7 heteroatoms. The maximum Gasteiger partial charge on any atom is 0.343 e. The van der Waals surface area contributed by atoms with Crippen LogP contribution in [0.5, 0.6) is 5.88 Å². The molecule has 0 spiro atoms. The van der Waals surface area contributed by atoms with E-state index in [0.29, 0.717) is 5.76 Å². The summed E-state index contributed by atoms with van der Waals surface area (Å²) in [6.45, 7) is 3.80. The number of esters is 1. The Morgan fingerprint density at radius 2 is 2.00 bits per heavy atom. The number of aromatic nitrogens is 2. The summed E-state index contributed by atoms with van der Waals surface area (Å²) in [6.07, 6.45) is 4.33. The molecule has 25 heavy (non-hydrogen) atoms. The van der Waals surface area contributed by atoms with Crippen molar-refractivity contribution >= 4 is 30.0 Å². The lowest BCUT2D eigenvalue weighted by molar-refractivity contribution is -0.130. The zero-order valence-corrected chi connectivity index (χ0v) is 13.9. The van der Waals surface area contributed by atoms with Crippen LogP contribution in [0.15, 0.2) is 59.4 Å². The SMILES string of the molecule is C=CCn1c(O)c(C=C2C=C(c3ccccc3)OC2=O)c(=O)[nH]c1=S. The second-order valence-electron chi connectivity index (χ2n) is 5.26. The van der Waals surface area contributed by atoms with Crippen molar-refractivity contribution in [2.24, 2.45) is 0 Å². The van der Waals surface area contributed by atoms with Gasteiger partial charge in [0, 0.05) is 12.1 Å². The number of hydrogen-bond acceptors (Lipinski definition) is 5. The topological polar surface area (TPSA) is 84.3 Å². The van der Waals surface area contributed by atoms with E-state index in [1.165, 1.54) is 22.8 Å². The standard InChI is InChI=1S/C18H14N2O4S/c1-2-8-20-16(22)13(15(21)19-18(20)25)9-12-10-14(24-17(12)23)11-6-4-3-5-7-11/h2-7,9-10,22H,1,8H2,(H,19,21,25). The zero-order valence-electron chi connectivity index (χ0n) is 13.1. The van der Waals surface area contributed by atoms with E-state index >= 15 is 0 Å². The monoisotopic (exact) mass is 354 g/mol. The lowest BCUT2D eigenvalue weighted by Crippen LogP contribution is -2.17.